The lowest BCUT2D eigenvalue weighted by molar-refractivity contribution is -0.140. The first-order valence-electron chi connectivity index (χ1n) is 13.4. The average molecular weight is 550 g/mol. The zero-order valence-corrected chi connectivity index (χ0v) is 24.2. The summed E-state index contributed by atoms with van der Waals surface area (Å²) in [5, 5.41) is 2.99. The van der Waals surface area contributed by atoms with Crippen molar-refractivity contribution in [2.24, 2.45) is 0 Å². The minimum atomic E-state index is -4.08. The number of hydrogen-bond donors (Lipinski definition) is 1. The fourth-order valence-electron chi connectivity index (χ4n) is 4.22. The Morgan fingerprint density at radius 3 is 1.92 bits per heavy atom. The van der Waals surface area contributed by atoms with Gasteiger partial charge in [0.15, 0.2) is 0 Å². The Kier molecular flexibility index (Phi) is 10.3. The summed E-state index contributed by atoms with van der Waals surface area (Å²) in [6, 6.07) is 22.2. The molecule has 3 rings (SSSR count). The van der Waals surface area contributed by atoms with Crippen molar-refractivity contribution in [3.63, 3.8) is 0 Å². The summed E-state index contributed by atoms with van der Waals surface area (Å²) in [4.78, 5) is 28.9. The minimum Gasteiger partial charge on any atom is -0.352 e. The van der Waals surface area contributed by atoms with E-state index in [0.717, 1.165) is 27.4 Å². The summed E-state index contributed by atoms with van der Waals surface area (Å²) in [5.41, 5.74) is 3.13. The molecule has 7 nitrogen and oxygen atoms in total. The van der Waals surface area contributed by atoms with Crippen LogP contribution in [-0.2, 0) is 26.2 Å². The van der Waals surface area contributed by atoms with Crippen LogP contribution in [0.3, 0.4) is 0 Å². The first-order chi connectivity index (χ1) is 18.6. The Hall–Kier alpha value is -3.65. The van der Waals surface area contributed by atoms with Crippen LogP contribution in [0.25, 0.3) is 0 Å². The van der Waals surface area contributed by atoms with E-state index in [9.17, 15) is 18.0 Å². The fourth-order valence-corrected chi connectivity index (χ4v) is 5.63. The molecular weight excluding hydrogens is 510 g/mol. The third-order valence-electron chi connectivity index (χ3n) is 6.79. The second-order valence-electron chi connectivity index (χ2n) is 9.91. The van der Waals surface area contributed by atoms with Crippen LogP contribution < -0.4 is 9.62 Å². The SMILES string of the molecule is CC[C@@H](C)NC(=O)[C@H](CC)N(Cc1ccccc1)C(=O)CN(c1ccc(C)cc1)S(=O)(=O)c1ccc(C)cc1. The van der Waals surface area contributed by atoms with Gasteiger partial charge in [-0.2, -0.15) is 0 Å². The van der Waals surface area contributed by atoms with Crippen LogP contribution in [0.15, 0.2) is 83.8 Å². The second kappa shape index (κ2) is 13.4. The van der Waals surface area contributed by atoms with Crippen LogP contribution in [0.2, 0.25) is 0 Å². The molecule has 3 aromatic carbocycles. The molecule has 0 aliphatic heterocycles. The van der Waals surface area contributed by atoms with E-state index in [1.54, 1.807) is 36.4 Å². The number of anilines is 1. The molecule has 39 heavy (non-hydrogen) atoms. The summed E-state index contributed by atoms with van der Waals surface area (Å²) < 4.78 is 28.9. The quantitative estimate of drug-likeness (QED) is 0.336. The molecule has 3 aromatic rings. The number of amides is 2. The Balaban J connectivity index is 2.04. The first kappa shape index (κ1) is 29.9. The molecule has 208 valence electrons. The predicted octanol–water partition coefficient (Wildman–Crippen LogP) is 5.22. The number of carbonyl (C=O) groups is 2. The molecule has 0 unspecified atom stereocenters. The zero-order chi connectivity index (χ0) is 28.6. The number of aryl methyl sites for hydroxylation is 2. The maximum Gasteiger partial charge on any atom is 0.264 e. The summed E-state index contributed by atoms with van der Waals surface area (Å²) in [6.45, 7) is 9.28. The molecule has 0 aliphatic carbocycles. The number of benzene rings is 3. The van der Waals surface area contributed by atoms with Gasteiger partial charge in [0.2, 0.25) is 11.8 Å². The van der Waals surface area contributed by atoms with Crippen LogP contribution in [0.1, 0.15) is 50.3 Å². The third-order valence-corrected chi connectivity index (χ3v) is 8.58. The van der Waals surface area contributed by atoms with Crippen molar-refractivity contribution in [2.45, 2.75) is 71.0 Å². The highest BCUT2D eigenvalue weighted by molar-refractivity contribution is 7.92. The molecule has 0 aromatic heterocycles. The number of hydrogen-bond acceptors (Lipinski definition) is 4. The third kappa shape index (κ3) is 7.69. The molecular formula is C31H39N3O4S. The van der Waals surface area contributed by atoms with Crippen molar-refractivity contribution < 1.29 is 18.0 Å². The lowest BCUT2D eigenvalue weighted by atomic mass is 10.1. The van der Waals surface area contributed by atoms with Crippen LogP contribution in [0.4, 0.5) is 5.69 Å². The standard InChI is InChI=1S/C31H39N3O4S/c1-6-25(5)32-31(36)29(7-2)33(21-26-11-9-8-10-12-26)30(35)22-34(27-17-13-23(3)14-18-27)39(37,38)28-19-15-24(4)16-20-28/h8-20,25,29H,6-7,21-22H2,1-5H3,(H,32,36)/t25-,29+/m1/s1. The van der Waals surface area contributed by atoms with Gasteiger partial charge in [0, 0.05) is 12.6 Å². The van der Waals surface area contributed by atoms with Crippen LogP contribution in [0, 0.1) is 13.8 Å². The summed E-state index contributed by atoms with van der Waals surface area (Å²) in [7, 11) is -4.08. The molecule has 8 heteroatoms. The van der Waals surface area contributed by atoms with Gasteiger partial charge in [0.1, 0.15) is 12.6 Å². The molecule has 0 spiro atoms. The monoisotopic (exact) mass is 549 g/mol. The van der Waals surface area contributed by atoms with E-state index in [1.165, 1.54) is 4.90 Å². The Morgan fingerprint density at radius 1 is 0.821 bits per heavy atom. The first-order valence-corrected chi connectivity index (χ1v) is 14.8. The minimum absolute atomic E-state index is 0.0498. The molecule has 0 bridgehead atoms. The van der Waals surface area contributed by atoms with Crippen molar-refractivity contribution >= 4 is 27.5 Å². The van der Waals surface area contributed by atoms with Crippen LogP contribution >= 0.6 is 0 Å². The van der Waals surface area contributed by atoms with E-state index >= 15 is 0 Å². The van der Waals surface area contributed by atoms with Gasteiger partial charge in [0.05, 0.1) is 10.6 Å². The van der Waals surface area contributed by atoms with E-state index in [2.05, 4.69) is 5.32 Å². The van der Waals surface area contributed by atoms with Gasteiger partial charge in [-0.25, -0.2) is 8.42 Å². The molecule has 0 radical (unpaired) electrons. The second-order valence-corrected chi connectivity index (χ2v) is 11.8. The topological polar surface area (TPSA) is 86.8 Å². The molecule has 0 fully saturated rings. The Labute approximate surface area is 232 Å². The van der Waals surface area contributed by atoms with Gasteiger partial charge in [-0.15, -0.1) is 0 Å². The van der Waals surface area contributed by atoms with Gasteiger partial charge in [0.25, 0.3) is 10.0 Å². The Bertz CT molecular complexity index is 1340. The molecule has 0 saturated carbocycles. The number of sulfonamides is 1. The van der Waals surface area contributed by atoms with Gasteiger partial charge < -0.3 is 10.2 Å². The molecule has 0 aliphatic rings. The Morgan fingerprint density at radius 2 is 1.38 bits per heavy atom. The van der Waals surface area contributed by atoms with E-state index in [0.29, 0.717) is 12.1 Å². The van der Waals surface area contributed by atoms with Crippen molar-refractivity contribution in [2.75, 3.05) is 10.8 Å². The molecule has 2 atom stereocenters. The van der Waals surface area contributed by atoms with Gasteiger partial charge >= 0.3 is 0 Å². The lowest BCUT2D eigenvalue weighted by Crippen LogP contribution is -2.53. The van der Waals surface area contributed by atoms with Crippen LogP contribution in [0.5, 0.6) is 0 Å². The maximum atomic E-state index is 14.0. The number of nitrogens with zero attached hydrogens (tertiary/aromatic N) is 2. The number of carbonyl (C=O) groups excluding carboxylic acids is 2. The molecule has 2 amide bonds. The number of nitrogens with one attached hydrogen (secondary N) is 1. The molecule has 0 saturated heterocycles. The van der Waals surface area contributed by atoms with E-state index in [4.69, 9.17) is 0 Å². The van der Waals surface area contributed by atoms with Gasteiger partial charge in [-0.1, -0.05) is 79.6 Å². The predicted molar refractivity (Wildman–Crippen MR) is 156 cm³/mol. The van der Waals surface area contributed by atoms with Crippen molar-refractivity contribution in [3.8, 4) is 0 Å². The van der Waals surface area contributed by atoms with Crippen molar-refractivity contribution in [1.29, 1.82) is 0 Å². The highest BCUT2D eigenvalue weighted by Gasteiger charge is 2.33. The highest BCUT2D eigenvalue weighted by Crippen LogP contribution is 2.25. The van der Waals surface area contributed by atoms with E-state index in [-0.39, 0.29) is 23.4 Å². The zero-order valence-electron chi connectivity index (χ0n) is 23.4. The maximum absolute atomic E-state index is 14.0. The van der Waals surface area contributed by atoms with E-state index in [1.807, 2.05) is 77.1 Å². The average Bonchev–Trinajstić information content (AvgIpc) is 2.92. The smallest absolute Gasteiger partial charge is 0.264 e. The van der Waals surface area contributed by atoms with Crippen molar-refractivity contribution in [1.82, 2.24) is 10.2 Å². The lowest BCUT2D eigenvalue weighted by Gasteiger charge is -2.33. The number of rotatable bonds is 12. The summed E-state index contributed by atoms with van der Waals surface area (Å²) in [5.74, 6) is -0.708. The summed E-state index contributed by atoms with van der Waals surface area (Å²) in [6.07, 6.45) is 1.14. The van der Waals surface area contributed by atoms with Gasteiger partial charge in [-0.3, -0.25) is 13.9 Å². The molecule has 1 N–H and O–H groups in total. The van der Waals surface area contributed by atoms with E-state index < -0.39 is 28.5 Å². The fraction of sp³-hybridized carbons (Fsp3) is 0.355. The molecule has 0 heterocycles. The summed E-state index contributed by atoms with van der Waals surface area (Å²) >= 11 is 0. The van der Waals surface area contributed by atoms with Crippen LogP contribution in [-0.4, -0.2) is 43.8 Å². The van der Waals surface area contributed by atoms with Crippen molar-refractivity contribution in [3.05, 3.63) is 95.6 Å². The highest BCUT2D eigenvalue weighted by atomic mass is 32.2. The normalized spacial score (nSPS) is 12.8. The largest absolute Gasteiger partial charge is 0.352 e. The van der Waals surface area contributed by atoms with Gasteiger partial charge in [-0.05, 0) is 63.4 Å².